The van der Waals surface area contributed by atoms with E-state index < -0.39 is 37.1 Å². The van der Waals surface area contributed by atoms with Crippen LogP contribution in [0.15, 0.2) is 12.7 Å². The standard InChI is InChI=1S/C28H50N7O6P/c1-7-9-11-13-15-39-26(36)22(4)33-42(38,34-28(5,6)27(37)40-16-14-12-10-8-2)20-41-21(3)17-35-19-32-23-24(29)30-18-31-25(23)35/h18-19,21-22H,7-17,20H2,1-6H3,(H2,29,30,31)(H2,33,34,38). The van der Waals surface area contributed by atoms with Gasteiger partial charge in [0.2, 0.25) is 7.44 Å². The molecule has 42 heavy (non-hydrogen) atoms. The van der Waals surface area contributed by atoms with Gasteiger partial charge in [-0.2, -0.15) is 0 Å². The predicted octanol–water partition coefficient (Wildman–Crippen LogP) is 4.56. The summed E-state index contributed by atoms with van der Waals surface area (Å²) in [4.78, 5) is 38.1. The van der Waals surface area contributed by atoms with Crippen molar-refractivity contribution >= 4 is 36.4 Å². The molecule has 2 heterocycles. The summed E-state index contributed by atoms with van der Waals surface area (Å²) >= 11 is 0. The summed E-state index contributed by atoms with van der Waals surface area (Å²) in [6.07, 6.45) is 9.94. The van der Waals surface area contributed by atoms with E-state index in [-0.39, 0.29) is 18.8 Å². The van der Waals surface area contributed by atoms with Crippen LogP contribution in [0, 0.1) is 0 Å². The zero-order chi connectivity index (χ0) is 31.2. The average Bonchev–Trinajstić information content (AvgIpc) is 3.35. The maximum atomic E-state index is 14.2. The Morgan fingerprint density at radius 1 is 1.00 bits per heavy atom. The number of hydrogen-bond acceptors (Lipinski definition) is 10. The molecule has 3 unspecified atom stereocenters. The molecular formula is C28H50N7O6P. The van der Waals surface area contributed by atoms with Crippen molar-refractivity contribution in [2.75, 3.05) is 25.3 Å². The molecule has 0 amide bonds. The van der Waals surface area contributed by atoms with E-state index in [1.807, 2.05) is 6.92 Å². The fraction of sp³-hybridized carbons (Fsp3) is 0.750. The van der Waals surface area contributed by atoms with Crippen LogP contribution < -0.4 is 15.9 Å². The monoisotopic (exact) mass is 611 g/mol. The van der Waals surface area contributed by atoms with Gasteiger partial charge in [-0.25, -0.2) is 25.1 Å². The number of nitrogens with one attached hydrogen (secondary N) is 2. The molecule has 2 rings (SSSR count). The number of unbranched alkanes of at least 4 members (excludes halogenated alkanes) is 6. The van der Waals surface area contributed by atoms with Gasteiger partial charge in [-0.05, 0) is 40.5 Å². The Hall–Kier alpha value is -2.60. The number of esters is 2. The third kappa shape index (κ3) is 11.6. The molecule has 4 N–H and O–H groups in total. The molecule has 0 spiro atoms. The van der Waals surface area contributed by atoms with Crippen molar-refractivity contribution in [3.63, 3.8) is 0 Å². The highest BCUT2D eigenvalue weighted by molar-refractivity contribution is 7.59. The first-order valence-corrected chi connectivity index (χ1v) is 16.8. The molecule has 0 fully saturated rings. The number of nitrogens with two attached hydrogens (primary N) is 1. The first-order valence-electron chi connectivity index (χ1n) is 15.0. The minimum atomic E-state index is -3.70. The van der Waals surface area contributed by atoms with E-state index in [9.17, 15) is 14.2 Å². The predicted molar refractivity (Wildman–Crippen MR) is 163 cm³/mol. The molecular weight excluding hydrogens is 561 g/mol. The lowest BCUT2D eigenvalue weighted by Crippen LogP contribution is -2.50. The van der Waals surface area contributed by atoms with E-state index in [0.29, 0.717) is 24.3 Å². The summed E-state index contributed by atoms with van der Waals surface area (Å²) in [7, 11) is -3.70. The minimum Gasteiger partial charge on any atom is -0.465 e. The van der Waals surface area contributed by atoms with Crippen LogP contribution in [0.5, 0.6) is 0 Å². The Labute approximate surface area is 249 Å². The Kier molecular flexibility index (Phi) is 14.8. The van der Waals surface area contributed by atoms with E-state index in [1.165, 1.54) is 6.33 Å². The van der Waals surface area contributed by atoms with Crippen LogP contribution in [0.25, 0.3) is 11.2 Å². The summed E-state index contributed by atoms with van der Waals surface area (Å²) in [5.41, 5.74) is 5.60. The number of aromatic nitrogens is 4. The van der Waals surface area contributed by atoms with E-state index in [1.54, 1.807) is 31.7 Å². The maximum Gasteiger partial charge on any atom is 0.326 e. The highest BCUT2D eigenvalue weighted by atomic mass is 31.2. The lowest BCUT2D eigenvalue weighted by atomic mass is 10.1. The number of hydrogen-bond donors (Lipinski definition) is 3. The minimum absolute atomic E-state index is 0.274. The van der Waals surface area contributed by atoms with Crippen LogP contribution >= 0.6 is 7.44 Å². The number of fused-ring (bicyclic) bond motifs is 1. The average molecular weight is 612 g/mol. The van der Waals surface area contributed by atoms with Gasteiger partial charge >= 0.3 is 11.9 Å². The Morgan fingerprint density at radius 2 is 1.64 bits per heavy atom. The highest BCUT2D eigenvalue weighted by Gasteiger charge is 2.39. The van der Waals surface area contributed by atoms with Gasteiger partial charge in [-0.15, -0.1) is 0 Å². The highest BCUT2D eigenvalue weighted by Crippen LogP contribution is 2.40. The summed E-state index contributed by atoms with van der Waals surface area (Å²) in [5.74, 6) is -0.793. The topological polar surface area (TPSA) is 173 Å². The van der Waals surface area contributed by atoms with E-state index in [2.05, 4.69) is 39.0 Å². The maximum absolute atomic E-state index is 14.2. The summed E-state index contributed by atoms with van der Waals surface area (Å²) in [5, 5.41) is 5.80. The molecule has 0 radical (unpaired) electrons. The number of rotatable bonds is 21. The second-order valence-electron chi connectivity index (χ2n) is 11.2. The molecule has 238 valence electrons. The van der Waals surface area contributed by atoms with Gasteiger partial charge in [-0.1, -0.05) is 52.4 Å². The molecule has 13 nitrogen and oxygen atoms in total. The van der Waals surface area contributed by atoms with E-state index >= 15 is 0 Å². The molecule has 0 saturated heterocycles. The Balaban J connectivity index is 2.09. The largest absolute Gasteiger partial charge is 0.465 e. The normalized spacial score (nSPS) is 14.8. The van der Waals surface area contributed by atoms with Crippen LogP contribution in [0.3, 0.4) is 0 Å². The zero-order valence-corrected chi connectivity index (χ0v) is 27.0. The molecule has 0 aromatic carbocycles. The molecule has 0 aliphatic rings. The van der Waals surface area contributed by atoms with Crippen molar-refractivity contribution in [1.29, 1.82) is 0 Å². The number of carbonyl (C=O) groups is 2. The summed E-state index contributed by atoms with van der Waals surface area (Å²) in [6.45, 7) is 11.7. The van der Waals surface area contributed by atoms with Crippen LogP contribution in [0.4, 0.5) is 5.82 Å². The van der Waals surface area contributed by atoms with Gasteiger partial charge in [0.25, 0.3) is 0 Å². The molecule has 14 heteroatoms. The van der Waals surface area contributed by atoms with Crippen molar-refractivity contribution in [3.8, 4) is 0 Å². The van der Waals surface area contributed by atoms with Crippen molar-refractivity contribution in [1.82, 2.24) is 29.7 Å². The van der Waals surface area contributed by atoms with Gasteiger partial charge in [0.1, 0.15) is 29.8 Å². The molecule has 2 aromatic heterocycles. The zero-order valence-electron chi connectivity index (χ0n) is 26.1. The first kappa shape index (κ1) is 35.6. The summed E-state index contributed by atoms with van der Waals surface area (Å²) in [6, 6.07) is -0.911. The van der Waals surface area contributed by atoms with Gasteiger partial charge < -0.3 is 24.5 Å². The molecule has 2 aromatic rings. The van der Waals surface area contributed by atoms with Crippen molar-refractivity contribution < 1.29 is 28.4 Å². The van der Waals surface area contributed by atoms with E-state index in [4.69, 9.17) is 19.9 Å². The van der Waals surface area contributed by atoms with Gasteiger partial charge in [0.05, 0.1) is 32.2 Å². The third-order valence-electron chi connectivity index (χ3n) is 6.62. The van der Waals surface area contributed by atoms with Crippen molar-refractivity contribution in [3.05, 3.63) is 12.7 Å². The van der Waals surface area contributed by atoms with E-state index in [0.717, 1.165) is 51.4 Å². The second kappa shape index (κ2) is 17.5. The molecule has 3 atom stereocenters. The fourth-order valence-electron chi connectivity index (χ4n) is 4.26. The molecule has 0 saturated carbocycles. The van der Waals surface area contributed by atoms with Crippen LogP contribution in [0.2, 0.25) is 0 Å². The van der Waals surface area contributed by atoms with Crippen LogP contribution in [-0.4, -0.2) is 68.7 Å². The number of carbonyl (C=O) groups excluding carboxylic acids is 2. The van der Waals surface area contributed by atoms with Gasteiger partial charge in [0.15, 0.2) is 11.5 Å². The Morgan fingerprint density at radius 3 is 2.29 bits per heavy atom. The number of ether oxygens (including phenoxy) is 3. The smallest absolute Gasteiger partial charge is 0.326 e. The lowest BCUT2D eigenvalue weighted by molar-refractivity contribution is -0.149. The molecule has 0 aliphatic carbocycles. The number of anilines is 1. The quantitative estimate of drug-likeness (QED) is 0.102. The molecule has 0 aliphatic heterocycles. The van der Waals surface area contributed by atoms with Crippen molar-refractivity contribution in [2.24, 2.45) is 0 Å². The van der Waals surface area contributed by atoms with Crippen molar-refractivity contribution in [2.45, 2.75) is 117 Å². The number of imidazole rings is 1. The first-order chi connectivity index (χ1) is 19.9. The number of nitrogen functional groups attached to an aromatic ring is 1. The Bertz CT molecular complexity index is 1170. The second-order valence-corrected chi connectivity index (χ2v) is 13.4. The van der Waals surface area contributed by atoms with Gasteiger partial charge in [0, 0.05) is 0 Å². The molecule has 0 bridgehead atoms. The number of nitrogens with zero attached hydrogens (tertiary/aromatic N) is 4. The summed E-state index contributed by atoms with van der Waals surface area (Å²) < 4.78 is 32.8. The SMILES string of the molecule is CCCCCCOC(=O)C(C)NP(=O)(COC(C)Cn1cnc2c(N)ncnc21)NC(C)(C)C(=O)OCCCCCC. The van der Waals surface area contributed by atoms with Crippen LogP contribution in [0.1, 0.15) is 92.9 Å². The lowest BCUT2D eigenvalue weighted by Gasteiger charge is -2.32. The van der Waals surface area contributed by atoms with Crippen LogP contribution in [-0.2, 0) is 34.9 Å². The third-order valence-corrected chi connectivity index (χ3v) is 8.86. The fourth-order valence-corrected chi connectivity index (χ4v) is 6.65. The van der Waals surface area contributed by atoms with Gasteiger partial charge in [-0.3, -0.25) is 14.2 Å².